The maximum absolute atomic E-state index is 13.2. The van der Waals surface area contributed by atoms with Gasteiger partial charge in [-0.2, -0.15) is 0 Å². The van der Waals surface area contributed by atoms with Crippen molar-refractivity contribution in [3.05, 3.63) is 34.5 Å². The average molecular weight is 392 g/mol. The molecule has 0 saturated heterocycles. The molecule has 0 fully saturated rings. The number of unbranched alkanes of at least 4 members (excludes halogenated alkanes) is 3. The summed E-state index contributed by atoms with van der Waals surface area (Å²) in [6, 6.07) is 5.71. The van der Waals surface area contributed by atoms with Gasteiger partial charge in [0.05, 0.1) is 7.11 Å². The number of methoxy groups -OCH3 is 1. The van der Waals surface area contributed by atoms with Crippen molar-refractivity contribution in [1.82, 2.24) is 4.57 Å². The lowest BCUT2D eigenvalue weighted by Crippen LogP contribution is -2.13. The van der Waals surface area contributed by atoms with Crippen LogP contribution in [0.1, 0.15) is 68.4 Å². The molecule has 0 aliphatic rings. The standard InChI is InChI=1S/C22H30ClNO3/c1-5-6-7-8-9-19-22(20(25)12-15(2)13-21(26)27-4)17-14-16(23)10-11-18(17)24(19)3/h10-11,14-15H,5-9,12-13H2,1-4H3/t15-/m1/s1. The fourth-order valence-corrected chi connectivity index (χ4v) is 3.82. The molecule has 27 heavy (non-hydrogen) atoms. The number of hydrogen-bond donors (Lipinski definition) is 0. The Morgan fingerprint density at radius 1 is 1.19 bits per heavy atom. The van der Waals surface area contributed by atoms with Gasteiger partial charge in [0, 0.05) is 47.1 Å². The smallest absolute Gasteiger partial charge is 0.305 e. The minimum absolute atomic E-state index is 0.0627. The second-order valence-electron chi connectivity index (χ2n) is 7.37. The molecule has 148 valence electrons. The van der Waals surface area contributed by atoms with E-state index in [1.54, 1.807) is 0 Å². The van der Waals surface area contributed by atoms with Gasteiger partial charge in [-0.05, 0) is 37.0 Å². The van der Waals surface area contributed by atoms with E-state index in [0.717, 1.165) is 41.4 Å². The molecule has 5 heteroatoms. The van der Waals surface area contributed by atoms with Crippen molar-refractivity contribution in [2.45, 2.75) is 58.8 Å². The molecule has 0 unspecified atom stereocenters. The zero-order valence-corrected chi connectivity index (χ0v) is 17.6. The van der Waals surface area contributed by atoms with Crippen molar-refractivity contribution in [2.24, 2.45) is 13.0 Å². The molecule has 0 radical (unpaired) electrons. The molecular weight excluding hydrogens is 362 g/mol. The third-order valence-corrected chi connectivity index (χ3v) is 5.34. The van der Waals surface area contributed by atoms with Crippen LogP contribution in [0, 0.1) is 5.92 Å². The minimum Gasteiger partial charge on any atom is -0.469 e. The molecule has 1 heterocycles. The Morgan fingerprint density at radius 2 is 1.93 bits per heavy atom. The number of ketones is 1. The first-order valence-electron chi connectivity index (χ1n) is 9.75. The number of carbonyl (C=O) groups is 2. The van der Waals surface area contributed by atoms with Gasteiger partial charge in [0.2, 0.25) is 0 Å². The fraction of sp³-hybridized carbons (Fsp3) is 0.545. The highest BCUT2D eigenvalue weighted by atomic mass is 35.5. The van der Waals surface area contributed by atoms with Gasteiger partial charge < -0.3 is 9.30 Å². The molecular formula is C22H30ClNO3. The lowest BCUT2D eigenvalue weighted by Gasteiger charge is -2.11. The topological polar surface area (TPSA) is 48.3 Å². The van der Waals surface area contributed by atoms with Crippen LogP contribution in [0.15, 0.2) is 18.2 Å². The highest BCUT2D eigenvalue weighted by Gasteiger charge is 2.23. The lowest BCUT2D eigenvalue weighted by molar-refractivity contribution is -0.141. The van der Waals surface area contributed by atoms with Crippen molar-refractivity contribution < 1.29 is 14.3 Å². The van der Waals surface area contributed by atoms with E-state index in [1.807, 2.05) is 32.2 Å². The van der Waals surface area contributed by atoms with E-state index in [9.17, 15) is 9.59 Å². The maximum atomic E-state index is 13.2. The van der Waals surface area contributed by atoms with E-state index in [0.29, 0.717) is 11.4 Å². The van der Waals surface area contributed by atoms with Gasteiger partial charge in [0.25, 0.3) is 0 Å². The van der Waals surface area contributed by atoms with E-state index in [1.165, 1.54) is 20.0 Å². The van der Waals surface area contributed by atoms with E-state index in [4.69, 9.17) is 16.3 Å². The number of benzene rings is 1. The number of rotatable bonds is 10. The Balaban J connectivity index is 2.34. The summed E-state index contributed by atoms with van der Waals surface area (Å²) in [5.74, 6) is -0.270. The van der Waals surface area contributed by atoms with E-state index in [2.05, 4.69) is 11.5 Å². The maximum Gasteiger partial charge on any atom is 0.305 e. The first kappa shape index (κ1) is 21.5. The number of Topliss-reactive ketones (excluding diaryl/α,β-unsaturated/α-hetero) is 1. The summed E-state index contributed by atoms with van der Waals surface area (Å²) in [5.41, 5.74) is 2.86. The molecule has 0 aliphatic carbocycles. The van der Waals surface area contributed by atoms with Crippen LogP contribution in [0.2, 0.25) is 5.02 Å². The van der Waals surface area contributed by atoms with E-state index >= 15 is 0 Å². The SMILES string of the molecule is CCCCCCc1c(C(=O)C[C@@H](C)CC(=O)OC)c2cc(Cl)ccc2n1C. The minimum atomic E-state index is -0.281. The Bertz CT molecular complexity index is 809. The Hall–Kier alpha value is -1.81. The van der Waals surface area contributed by atoms with Gasteiger partial charge in [-0.3, -0.25) is 9.59 Å². The number of ether oxygens (including phenoxy) is 1. The average Bonchev–Trinajstić information content (AvgIpc) is 2.89. The highest BCUT2D eigenvalue weighted by Crippen LogP contribution is 2.31. The van der Waals surface area contributed by atoms with Gasteiger partial charge in [-0.25, -0.2) is 0 Å². The zero-order valence-electron chi connectivity index (χ0n) is 16.8. The molecule has 1 aromatic carbocycles. The van der Waals surface area contributed by atoms with Crippen molar-refractivity contribution >= 4 is 34.3 Å². The van der Waals surface area contributed by atoms with Gasteiger partial charge in [-0.15, -0.1) is 0 Å². The predicted molar refractivity (Wildman–Crippen MR) is 111 cm³/mol. The second-order valence-corrected chi connectivity index (χ2v) is 7.80. The normalized spacial score (nSPS) is 12.3. The van der Waals surface area contributed by atoms with Crippen LogP contribution in [0.4, 0.5) is 0 Å². The Labute approximate surface area is 166 Å². The lowest BCUT2D eigenvalue weighted by atomic mass is 9.94. The van der Waals surface area contributed by atoms with Crippen LogP contribution in [0.25, 0.3) is 10.9 Å². The summed E-state index contributed by atoms with van der Waals surface area (Å²) < 4.78 is 6.85. The largest absolute Gasteiger partial charge is 0.469 e. The van der Waals surface area contributed by atoms with Crippen LogP contribution >= 0.6 is 11.6 Å². The molecule has 0 amide bonds. The van der Waals surface area contributed by atoms with Gasteiger partial charge >= 0.3 is 5.97 Å². The molecule has 0 spiro atoms. The zero-order chi connectivity index (χ0) is 20.0. The summed E-state index contributed by atoms with van der Waals surface area (Å²) in [4.78, 5) is 24.7. The molecule has 1 atom stereocenters. The Kier molecular flexibility index (Phi) is 7.91. The van der Waals surface area contributed by atoms with Crippen LogP contribution in [0.3, 0.4) is 0 Å². The molecule has 2 rings (SSSR count). The Morgan fingerprint density at radius 3 is 2.59 bits per heavy atom. The number of esters is 1. The molecule has 0 saturated carbocycles. The third-order valence-electron chi connectivity index (χ3n) is 5.11. The molecule has 2 aromatic rings. The number of fused-ring (bicyclic) bond motifs is 1. The van der Waals surface area contributed by atoms with Crippen molar-refractivity contribution in [3.63, 3.8) is 0 Å². The number of aryl methyl sites for hydroxylation is 1. The van der Waals surface area contributed by atoms with Crippen LogP contribution in [0.5, 0.6) is 0 Å². The fourth-order valence-electron chi connectivity index (χ4n) is 3.65. The van der Waals surface area contributed by atoms with Gasteiger partial charge in [-0.1, -0.05) is 44.7 Å². The van der Waals surface area contributed by atoms with E-state index < -0.39 is 0 Å². The summed E-state index contributed by atoms with van der Waals surface area (Å²) >= 11 is 6.21. The summed E-state index contributed by atoms with van der Waals surface area (Å²) in [6.45, 7) is 4.10. The molecule has 0 bridgehead atoms. The monoisotopic (exact) mass is 391 g/mol. The van der Waals surface area contributed by atoms with E-state index in [-0.39, 0.29) is 24.1 Å². The molecule has 1 aromatic heterocycles. The summed E-state index contributed by atoms with van der Waals surface area (Å²) in [6.07, 6.45) is 6.04. The first-order chi connectivity index (χ1) is 12.9. The number of halogens is 1. The summed E-state index contributed by atoms with van der Waals surface area (Å²) in [5, 5.41) is 1.54. The molecule has 0 N–H and O–H groups in total. The van der Waals surface area contributed by atoms with Crippen LogP contribution in [-0.4, -0.2) is 23.4 Å². The van der Waals surface area contributed by atoms with Gasteiger partial charge in [0.15, 0.2) is 5.78 Å². The summed E-state index contributed by atoms with van der Waals surface area (Å²) in [7, 11) is 3.39. The highest BCUT2D eigenvalue weighted by molar-refractivity contribution is 6.31. The number of carbonyl (C=O) groups excluding carboxylic acids is 2. The van der Waals surface area contributed by atoms with Crippen LogP contribution < -0.4 is 0 Å². The quantitative estimate of drug-likeness (QED) is 0.295. The predicted octanol–water partition coefficient (Wildman–Crippen LogP) is 5.73. The number of aromatic nitrogens is 1. The molecule has 0 aliphatic heterocycles. The van der Waals surface area contributed by atoms with Crippen LogP contribution in [-0.2, 0) is 23.0 Å². The van der Waals surface area contributed by atoms with Crippen molar-refractivity contribution in [2.75, 3.05) is 7.11 Å². The van der Waals surface area contributed by atoms with Crippen molar-refractivity contribution in [3.8, 4) is 0 Å². The number of hydrogen-bond acceptors (Lipinski definition) is 3. The first-order valence-corrected chi connectivity index (χ1v) is 10.1. The molecule has 4 nitrogen and oxygen atoms in total. The number of nitrogens with zero attached hydrogens (tertiary/aromatic N) is 1. The third kappa shape index (κ3) is 5.35. The second kappa shape index (κ2) is 9.93. The van der Waals surface area contributed by atoms with Crippen molar-refractivity contribution in [1.29, 1.82) is 0 Å². The van der Waals surface area contributed by atoms with Gasteiger partial charge in [0.1, 0.15) is 0 Å².